The molecule has 0 saturated carbocycles. The maximum absolute atomic E-state index is 12.9. The Hall–Kier alpha value is -2.41. The van der Waals surface area contributed by atoms with Gasteiger partial charge in [-0.3, -0.25) is 4.90 Å². The summed E-state index contributed by atoms with van der Waals surface area (Å²) < 4.78 is 40.7. The first-order valence-electron chi connectivity index (χ1n) is 9.81. The number of fused-ring (bicyclic) bond motifs is 1. The average Bonchev–Trinajstić information content (AvgIpc) is 2.96. The average molecular weight is 402 g/mol. The Morgan fingerprint density at radius 2 is 1.86 bits per heavy atom. The van der Waals surface area contributed by atoms with Gasteiger partial charge in [0.15, 0.2) is 5.65 Å². The molecule has 1 saturated heterocycles. The Bertz CT molecular complexity index is 1010. The molecule has 0 aliphatic carbocycles. The second-order valence-corrected chi connectivity index (χ2v) is 8.59. The highest BCUT2D eigenvalue weighted by Crippen LogP contribution is 2.43. The van der Waals surface area contributed by atoms with E-state index >= 15 is 0 Å². The normalized spacial score (nSPS) is 20.3. The fourth-order valence-corrected chi connectivity index (χ4v) is 4.54. The van der Waals surface area contributed by atoms with Crippen LogP contribution in [-0.2, 0) is 19.8 Å². The van der Waals surface area contributed by atoms with Crippen molar-refractivity contribution in [2.75, 3.05) is 13.1 Å². The molecule has 2 aromatic heterocycles. The highest BCUT2D eigenvalue weighted by atomic mass is 19.4. The molecule has 1 aromatic carbocycles. The molecule has 0 N–H and O–H groups in total. The molecule has 154 valence electrons. The molecule has 0 bridgehead atoms. The van der Waals surface area contributed by atoms with Crippen LogP contribution in [0.1, 0.15) is 43.1 Å². The third-order valence-electron chi connectivity index (χ3n) is 6.06. The van der Waals surface area contributed by atoms with Crippen LogP contribution in [0.3, 0.4) is 0 Å². The number of alkyl halides is 3. The highest BCUT2D eigenvalue weighted by Gasteiger charge is 2.37. The van der Waals surface area contributed by atoms with E-state index in [0.717, 1.165) is 48.6 Å². The molecule has 0 unspecified atom stereocenters. The molecule has 1 aliphatic heterocycles. The van der Waals surface area contributed by atoms with Crippen LogP contribution < -0.4 is 0 Å². The maximum atomic E-state index is 12.9. The molecule has 3 heterocycles. The van der Waals surface area contributed by atoms with E-state index in [4.69, 9.17) is 0 Å². The van der Waals surface area contributed by atoms with Gasteiger partial charge in [-0.15, -0.1) is 0 Å². The summed E-state index contributed by atoms with van der Waals surface area (Å²) in [5, 5.41) is 0. The third kappa shape index (κ3) is 3.88. The quantitative estimate of drug-likeness (QED) is 0.618. The van der Waals surface area contributed by atoms with Gasteiger partial charge in [0, 0.05) is 19.8 Å². The summed E-state index contributed by atoms with van der Waals surface area (Å²) in [5.74, 6) is 1.20. The summed E-state index contributed by atoms with van der Waals surface area (Å²) in [4.78, 5) is 11.4. The lowest BCUT2D eigenvalue weighted by Gasteiger charge is -2.44. The van der Waals surface area contributed by atoms with Gasteiger partial charge in [0.1, 0.15) is 5.82 Å². The fraction of sp³-hybridized carbons (Fsp3) is 0.455. The van der Waals surface area contributed by atoms with Crippen molar-refractivity contribution in [3.05, 3.63) is 59.5 Å². The van der Waals surface area contributed by atoms with Gasteiger partial charge in [-0.2, -0.15) is 13.2 Å². The molecule has 1 atom stereocenters. The predicted octanol–water partition coefficient (Wildman–Crippen LogP) is 5.00. The van der Waals surface area contributed by atoms with Crippen molar-refractivity contribution in [3.8, 4) is 0 Å². The SMILES string of the molecule is Cn1c(CN2CC[C@@H](c3ccc(C(F)(F)F)cc3)C(C)(C)C2)nc2ncccc21. The summed E-state index contributed by atoms with van der Waals surface area (Å²) in [6.07, 6.45) is -1.64. The van der Waals surface area contributed by atoms with E-state index in [-0.39, 0.29) is 11.3 Å². The van der Waals surface area contributed by atoms with Crippen LogP contribution >= 0.6 is 0 Å². The number of likely N-dealkylation sites (tertiary alicyclic amines) is 1. The van der Waals surface area contributed by atoms with Crippen LogP contribution in [0.2, 0.25) is 0 Å². The predicted molar refractivity (Wildman–Crippen MR) is 106 cm³/mol. The minimum Gasteiger partial charge on any atom is -0.329 e. The smallest absolute Gasteiger partial charge is 0.329 e. The molecule has 0 amide bonds. The second kappa shape index (κ2) is 7.13. The summed E-state index contributed by atoms with van der Waals surface area (Å²) in [6, 6.07) is 9.60. The molecular weight excluding hydrogens is 377 g/mol. The molecule has 1 aliphatic rings. The van der Waals surface area contributed by atoms with Gasteiger partial charge in [0.05, 0.1) is 17.6 Å². The van der Waals surface area contributed by atoms with Gasteiger partial charge in [0.2, 0.25) is 0 Å². The van der Waals surface area contributed by atoms with Gasteiger partial charge in [-0.25, -0.2) is 9.97 Å². The first-order valence-corrected chi connectivity index (χ1v) is 9.81. The molecule has 29 heavy (non-hydrogen) atoms. The lowest BCUT2D eigenvalue weighted by Crippen LogP contribution is -2.44. The summed E-state index contributed by atoms with van der Waals surface area (Å²) in [7, 11) is 2.01. The van der Waals surface area contributed by atoms with Gasteiger partial charge < -0.3 is 4.57 Å². The number of pyridine rings is 1. The van der Waals surface area contributed by atoms with Crippen molar-refractivity contribution in [2.45, 2.75) is 38.9 Å². The van der Waals surface area contributed by atoms with E-state index in [0.29, 0.717) is 0 Å². The van der Waals surface area contributed by atoms with Crippen LogP contribution in [0.5, 0.6) is 0 Å². The molecule has 4 nitrogen and oxygen atoms in total. The van der Waals surface area contributed by atoms with E-state index in [1.807, 2.05) is 19.2 Å². The minimum absolute atomic E-state index is 0.0547. The maximum Gasteiger partial charge on any atom is 0.416 e. The monoisotopic (exact) mass is 402 g/mol. The molecule has 0 radical (unpaired) electrons. The summed E-state index contributed by atoms with van der Waals surface area (Å²) in [5.41, 5.74) is 2.10. The van der Waals surface area contributed by atoms with Crippen molar-refractivity contribution in [1.82, 2.24) is 19.4 Å². The van der Waals surface area contributed by atoms with Crippen LogP contribution in [0, 0.1) is 5.41 Å². The lowest BCUT2D eigenvalue weighted by atomic mass is 9.70. The largest absolute Gasteiger partial charge is 0.416 e. The zero-order valence-electron chi connectivity index (χ0n) is 16.9. The number of halogens is 3. The number of rotatable bonds is 3. The molecule has 4 rings (SSSR count). The number of benzene rings is 1. The van der Waals surface area contributed by atoms with Crippen molar-refractivity contribution >= 4 is 11.2 Å². The van der Waals surface area contributed by atoms with Crippen molar-refractivity contribution in [3.63, 3.8) is 0 Å². The number of aryl methyl sites for hydroxylation is 1. The number of nitrogens with zero attached hydrogens (tertiary/aromatic N) is 4. The van der Waals surface area contributed by atoms with E-state index < -0.39 is 11.7 Å². The summed E-state index contributed by atoms with van der Waals surface area (Å²) >= 11 is 0. The van der Waals surface area contributed by atoms with Crippen LogP contribution in [-0.4, -0.2) is 32.5 Å². The Balaban J connectivity index is 1.49. The fourth-order valence-electron chi connectivity index (χ4n) is 4.54. The minimum atomic E-state index is -4.29. The molecule has 3 aromatic rings. The molecule has 1 fully saturated rings. The first kappa shape index (κ1) is 19.9. The topological polar surface area (TPSA) is 34.0 Å². The van der Waals surface area contributed by atoms with Crippen LogP contribution in [0.4, 0.5) is 13.2 Å². The Kier molecular flexibility index (Phi) is 4.89. The van der Waals surface area contributed by atoms with Crippen LogP contribution in [0.25, 0.3) is 11.2 Å². The highest BCUT2D eigenvalue weighted by molar-refractivity contribution is 5.71. The van der Waals surface area contributed by atoms with Crippen molar-refractivity contribution in [2.24, 2.45) is 12.5 Å². The molecule has 0 spiro atoms. The zero-order valence-corrected chi connectivity index (χ0v) is 16.9. The van der Waals surface area contributed by atoms with E-state index in [1.165, 1.54) is 12.1 Å². The van der Waals surface area contributed by atoms with Gasteiger partial charge in [-0.1, -0.05) is 26.0 Å². The van der Waals surface area contributed by atoms with Gasteiger partial charge in [0.25, 0.3) is 0 Å². The number of aromatic nitrogens is 3. The number of imidazole rings is 1. The zero-order chi connectivity index (χ0) is 20.8. The lowest BCUT2D eigenvalue weighted by molar-refractivity contribution is -0.137. The van der Waals surface area contributed by atoms with Crippen LogP contribution in [0.15, 0.2) is 42.6 Å². The van der Waals surface area contributed by atoms with Crippen molar-refractivity contribution < 1.29 is 13.2 Å². The van der Waals surface area contributed by atoms with Gasteiger partial charge in [-0.05, 0) is 54.1 Å². The Labute approximate surface area is 168 Å². The molecule has 7 heteroatoms. The van der Waals surface area contributed by atoms with E-state index in [9.17, 15) is 13.2 Å². The second-order valence-electron chi connectivity index (χ2n) is 8.59. The van der Waals surface area contributed by atoms with E-state index in [2.05, 4.69) is 33.3 Å². The third-order valence-corrected chi connectivity index (χ3v) is 6.06. The van der Waals surface area contributed by atoms with Crippen molar-refractivity contribution in [1.29, 1.82) is 0 Å². The first-order chi connectivity index (χ1) is 13.6. The van der Waals surface area contributed by atoms with E-state index in [1.54, 1.807) is 18.3 Å². The number of piperidine rings is 1. The Morgan fingerprint density at radius 1 is 1.14 bits per heavy atom. The summed E-state index contributed by atoms with van der Waals surface area (Å²) in [6.45, 7) is 6.85. The van der Waals surface area contributed by atoms with Gasteiger partial charge >= 0.3 is 6.18 Å². The number of hydrogen-bond donors (Lipinski definition) is 0. The number of hydrogen-bond acceptors (Lipinski definition) is 3. The molecular formula is C22H25F3N4. The Morgan fingerprint density at radius 3 is 2.48 bits per heavy atom. The standard InChI is InChI=1S/C22H25F3N4/c1-21(2)14-29(13-19-27-20-18(28(19)3)5-4-11-26-20)12-10-17(21)15-6-8-16(9-7-15)22(23,24)25/h4-9,11,17H,10,12-14H2,1-3H3/t17-/m0/s1.